The van der Waals surface area contributed by atoms with Crippen LogP contribution in [0.2, 0.25) is 0 Å². The molecule has 0 radical (unpaired) electrons. The molecule has 2 unspecified atom stereocenters. The van der Waals surface area contributed by atoms with Crippen LogP contribution < -0.4 is 81.3 Å². The summed E-state index contributed by atoms with van der Waals surface area (Å²) in [7, 11) is 0. The first kappa shape index (κ1) is 121. The lowest BCUT2D eigenvalue weighted by atomic mass is 9.88. The van der Waals surface area contributed by atoms with Gasteiger partial charge in [0.25, 0.3) is 0 Å². The molecule has 141 heavy (non-hydrogen) atoms. The van der Waals surface area contributed by atoms with E-state index in [-0.39, 0.29) is 171 Å². The summed E-state index contributed by atoms with van der Waals surface area (Å²) in [6.07, 6.45) is -0.599. The highest BCUT2D eigenvalue weighted by molar-refractivity contribution is 6.00. The first-order valence-corrected chi connectivity index (χ1v) is 50.8. The number of carbonyl (C=O) groups excluding carboxylic acids is 16. The Labute approximate surface area is 829 Å². The number of amides is 9. The molecule has 0 bridgehead atoms. The Hall–Kier alpha value is -10.1. The smallest absolute Gasteiger partial charge is 0.243 e. The molecule has 38 heteroatoms. The van der Waals surface area contributed by atoms with Crippen molar-refractivity contribution in [3.63, 3.8) is 0 Å². The number of Topliss-reactive ketones (excluding diaryl/α,β-unsaturated/α-hetero) is 7. The van der Waals surface area contributed by atoms with Crippen LogP contribution in [-0.2, 0) is 87.8 Å². The van der Waals surface area contributed by atoms with E-state index in [0.29, 0.717) is 94.1 Å². The number of ketones is 7. The van der Waals surface area contributed by atoms with Gasteiger partial charge in [-0.1, -0.05) is 139 Å². The van der Waals surface area contributed by atoms with Gasteiger partial charge < -0.3 is 116 Å². The number of unbranched alkanes of at least 4 members (excludes halogenated alkanes) is 10. The number of ether oxygens (including phenoxy) is 3. The van der Waals surface area contributed by atoms with Crippen LogP contribution in [0.4, 0.5) is 0 Å². The molecule has 0 aliphatic carbocycles. The van der Waals surface area contributed by atoms with Crippen molar-refractivity contribution in [3.8, 4) is 16.9 Å². The van der Waals surface area contributed by atoms with E-state index in [0.717, 1.165) is 56.1 Å². The molecule has 9 amide bonds. The van der Waals surface area contributed by atoms with Crippen molar-refractivity contribution in [1.29, 1.82) is 0 Å². The average molecular weight is 1980 g/mol. The Morgan fingerprint density at radius 1 is 0.511 bits per heavy atom. The monoisotopic (exact) mass is 1980 g/mol. The minimum absolute atomic E-state index is 0.00608. The second kappa shape index (κ2) is 67.4. The lowest BCUT2D eigenvalue weighted by molar-refractivity contribution is -0.293. The highest BCUT2D eigenvalue weighted by Gasteiger charge is 2.44. The van der Waals surface area contributed by atoms with Gasteiger partial charge in [-0.2, -0.15) is 0 Å². The summed E-state index contributed by atoms with van der Waals surface area (Å²) in [4.78, 5) is 224. The third kappa shape index (κ3) is 45.6. The summed E-state index contributed by atoms with van der Waals surface area (Å²) in [5.41, 5.74) is 33.0. The summed E-state index contributed by atoms with van der Waals surface area (Å²) < 4.78 is 16.6. The van der Waals surface area contributed by atoms with Crippen LogP contribution in [0.3, 0.4) is 0 Å². The second-order valence-corrected chi connectivity index (χ2v) is 38.0. The van der Waals surface area contributed by atoms with Crippen LogP contribution in [0.1, 0.15) is 269 Å². The zero-order valence-corrected chi connectivity index (χ0v) is 83.5. The van der Waals surface area contributed by atoms with Crippen molar-refractivity contribution in [2.24, 2.45) is 64.2 Å². The Balaban J connectivity index is 1.14. The minimum Gasteiger partial charge on any atom is -0.486 e. The third-order valence-corrected chi connectivity index (χ3v) is 25.6. The maximum atomic E-state index is 14.9. The number of hydrogen-bond donors (Lipinski definition) is 19. The Morgan fingerprint density at radius 2 is 1.06 bits per heavy atom. The Kier molecular flexibility index (Phi) is 58.1. The SMILES string of the molecule is CCCCCCCC[C@H](CC(=O)CCCCCNC(=O)CCCCCCC(=O)c1cccc(-c2ccc(OCC(=O)CCCNC(=O)CCCOC3O[C@@H](C)[C@H](O)C(O)[C@@H]3O)cc2)c1)C(=O)N[C@@H](CCN)C(=O)C[C@H](C(=O)N[C@@H](CCN)C(=O)C[C@H]1CCNC(=O)[C@H]([C@@H](C)O)CC(=O)[C@H](CCN)NC(=O)[C@H](CCN)NC(=O)[C@H](CC(C)C)NC(=O)[C@@H](Cc2ccccc2)CC(=O)[C@H](CCN)NC1=O)[C@@H](C)O. The van der Waals surface area contributed by atoms with E-state index >= 15 is 0 Å². The van der Waals surface area contributed by atoms with Gasteiger partial charge in [0.15, 0.2) is 41.0 Å². The molecule has 5 rings (SSSR count). The lowest BCUT2D eigenvalue weighted by Gasteiger charge is -2.38. The number of aliphatic hydroxyl groups is 5. The van der Waals surface area contributed by atoms with Crippen molar-refractivity contribution in [2.45, 2.75) is 339 Å². The van der Waals surface area contributed by atoms with Gasteiger partial charge in [0.05, 0.1) is 60.9 Å². The second-order valence-electron chi connectivity index (χ2n) is 38.0. The largest absolute Gasteiger partial charge is 0.486 e. The number of nitrogens with one attached hydrogen (secondary N) is 9. The van der Waals surface area contributed by atoms with Crippen LogP contribution in [0.15, 0.2) is 78.9 Å². The van der Waals surface area contributed by atoms with Gasteiger partial charge in [-0.25, -0.2) is 0 Å². The molecule has 2 fully saturated rings. The average Bonchev–Trinajstić information content (AvgIpc) is 1.04. The van der Waals surface area contributed by atoms with Gasteiger partial charge in [0.1, 0.15) is 48.5 Å². The molecule has 38 nitrogen and oxygen atoms in total. The summed E-state index contributed by atoms with van der Waals surface area (Å²) in [5, 5.41) is 76.8. The fourth-order valence-corrected chi connectivity index (χ4v) is 17.1. The van der Waals surface area contributed by atoms with Gasteiger partial charge in [-0.05, 0) is 191 Å². The van der Waals surface area contributed by atoms with E-state index in [9.17, 15) is 102 Å². The van der Waals surface area contributed by atoms with Gasteiger partial charge in [0.2, 0.25) is 53.2 Å². The van der Waals surface area contributed by atoms with Crippen LogP contribution >= 0.6 is 0 Å². The molecule has 0 aromatic heterocycles. The van der Waals surface area contributed by atoms with Gasteiger partial charge >= 0.3 is 0 Å². The minimum atomic E-state index is -1.54. The van der Waals surface area contributed by atoms with Crippen LogP contribution in [0, 0.1) is 35.5 Å². The van der Waals surface area contributed by atoms with Crippen molar-refractivity contribution in [2.75, 3.05) is 65.6 Å². The molecule has 0 spiro atoms. The summed E-state index contributed by atoms with van der Waals surface area (Å²) in [6.45, 7) is 9.31. The molecule has 2 aliphatic heterocycles. The zero-order valence-electron chi connectivity index (χ0n) is 83.5. The predicted molar refractivity (Wildman–Crippen MR) is 530 cm³/mol. The predicted octanol–water partition coefficient (Wildman–Crippen LogP) is 3.87. The molecule has 2 aliphatic rings. The first-order chi connectivity index (χ1) is 67.4. The molecular weight excluding hydrogens is 1820 g/mol. The fraction of sp³-hybridized carbons (Fsp3) is 0.670. The molecule has 788 valence electrons. The summed E-state index contributed by atoms with van der Waals surface area (Å²) in [5.74, 6) is -15.3. The number of rotatable bonds is 62. The Morgan fingerprint density at radius 3 is 1.70 bits per heavy atom. The van der Waals surface area contributed by atoms with E-state index in [4.69, 9.17) is 42.9 Å². The molecule has 3 aromatic rings. The quantitative estimate of drug-likeness (QED) is 0.0282. The van der Waals surface area contributed by atoms with E-state index < -0.39 is 199 Å². The number of nitrogens with two attached hydrogens (primary N) is 5. The molecule has 0 saturated carbocycles. The number of carbonyl (C=O) groups is 16. The summed E-state index contributed by atoms with van der Waals surface area (Å²) in [6, 6.07) is 15.2. The van der Waals surface area contributed by atoms with Crippen LogP contribution in [-0.4, -0.2) is 264 Å². The Bertz CT molecular complexity index is 4390. The highest BCUT2D eigenvalue weighted by Crippen LogP contribution is 2.29. The van der Waals surface area contributed by atoms with Crippen molar-refractivity contribution < 1.29 is 116 Å². The topological polar surface area (TPSA) is 640 Å². The van der Waals surface area contributed by atoms with Crippen LogP contribution in [0.25, 0.3) is 11.1 Å². The van der Waals surface area contributed by atoms with E-state index in [1.54, 1.807) is 69.3 Å². The molecule has 24 N–H and O–H groups in total. The van der Waals surface area contributed by atoms with E-state index in [2.05, 4.69) is 54.8 Å². The van der Waals surface area contributed by atoms with Crippen molar-refractivity contribution >= 4 is 93.6 Å². The van der Waals surface area contributed by atoms with Gasteiger partial charge in [-0.15, -0.1) is 0 Å². The third-order valence-electron chi connectivity index (χ3n) is 25.6. The van der Waals surface area contributed by atoms with Gasteiger partial charge in [0, 0.05) is 107 Å². The molecule has 3 aromatic carbocycles. The maximum absolute atomic E-state index is 14.9. The molecular formula is C103H162N14O24. The molecule has 2 saturated heterocycles. The standard InChI is InChI=1S/C103H162N14O24/c1-7-8-9-10-11-18-28-72(58-75(120)31-19-15-22-51-109-91(127)34-21-13-12-20-33-86(122)71-30-23-29-70(57-71)69-36-38-77(39-37-69)140-63-76(121)32-24-52-110-92(128)35-25-54-139-103-95(131)94(130)93(129)67(6)141-103)96(132)113-82(42-48-106)90(126)62-79(66(5)119)100(136)114-81(41-47-105)87(123)59-73-45-53-111-99(135)78(65(4)118)61-89(125)83(43-49-107)115-101(137)84(44-50-108)116-102(138)85(55-64(2)3)117-98(134)74(56-68-26-16-14-17-27-68)60-88(124)80(40-46-104)112-97(73)133/h14,16-17,23,26-27,29-30,36-39,57,64-67,72-74,78-85,93-95,103,118-119,129-131H,7-13,15,18-22,24-25,28,31-35,40-56,58-63,104-108H2,1-6H3,(H,109,127)(H,110,128)(H,111,135)(H,112,133)(H,113,132)(H,114,136)(H,115,137)(H,116,138)(H,117,134)/t65-,66-,67+,72-,73-,74+,78+,79+,80+,81+,82+,83+,84+,85+,93+,94?,95+,103?/m1/s1. The maximum Gasteiger partial charge on any atom is 0.243 e. The first-order valence-electron chi connectivity index (χ1n) is 50.8. The van der Waals surface area contributed by atoms with E-state index in [1.165, 1.54) is 13.8 Å². The van der Waals surface area contributed by atoms with Crippen molar-refractivity contribution in [1.82, 2.24) is 47.9 Å². The van der Waals surface area contributed by atoms with Crippen molar-refractivity contribution in [3.05, 3.63) is 90.0 Å². The zero-order chi connectivity index (χ0) is 104. The number of benzene rings is 3. The molecule has 18 atom stereocenters. The lowest BCUT2D eigenvalue weighted by Crippen LogP contribution is -2.57. The number of aliphatic hydroxyl groups excluding tert-OH is 5. The van der Waals surface area contributed by atoms with E-state index in [1.807, 2.05) is 30.3 Å². The van der Waals surface area contributed by atoms with Gasteiger partial charge in [-0.3, -0.25) is 76.7 Å². The van der Waals surface area contributed by atoms with Crippen LogP contribution in [0.5, 0.6) is 5.75 Å². The molecule has 2 heterocycles. The number of hydrogen-bond acceptors (Lipinski definition) is 29. The highest BCUT2D eigenvalue weighted by atomic mass is 16.7. The summed E-state index contributed by atoms with van der Waals surface area (Å²) >= 11 is 0. The fourth-order valence-electron chi connectivity index (χ4n) is 17.1. The normalized spacial score (nSPS) is 21.8.